The molecular weight excluding hydrogens is 170 g/mol. The summed E-state index contributed by atoms with van der Waals surface area (Å²) in [5, 5.41) is 4.47. The van der Waals surface area contributed by atoms with Crippen LogP contribution < -0.4 is 5.32 Å². The molecule has 3 fully saturated rings. The third-order valence-electron chi connectivity index (χ3n) is 3.54. The number of rotatable bonds is 2. The van der Waals surface area contributed by atoms with Gasteiger partial charge >= 0.3 is 0 Å². The van der Waals surface area contributed by atoms with Gasteiger partial charge in [-0.3, -0.25) is 0 Å². The summed E-state index contributed by atoms with van der Waals surface area (Å²) in [6.45, 7) is 2.20. The molecule has 3 aliphatic heterocycles. The second-order valence-corrected chi connectivity index (χ2v) is 5.32. The molecule has 0 aliphatic carbocycles. The van der Waals surface area contributed by atoms with Crippen molar-refractivity contribution >= 4 is 11.8 Å². The fraction of sp³-hybridized carbons (Fsp3) is 1.00. The van der Waals surface area contributed by atoms with Crippen molar-refractivity contribution in [3.63, 3.8) is 0 Å². The van der Waals surface area contributed by atoms with Crippen LogP contribution in [0.5, 0.6) is 0 Å². The third kappa shape index (κ3) is 0.847. The molecule has 0 amide bonds. The van der Waals surface area contributed by atoms with E-state index in [0.717, 1.165) is 11.9 Å². The van der Waals surface area contributed by atoms with Crippen LogP contribution in [-0.4, -0.2) is 35.8 Å². The maximum atomic E-state index is 5.62. The molecule has 2 nitrogen and oxygen atoms in total. The van der Waals surface area contributed by atoms with E-state index in [2.05, 4.69) is 17.1 Å². The van der Waals surface area contributed by atoms with Gasteiger partial charge in [0.2, 0.25) is 0 Å². The van der Waals surface area contributed by atoms with Crippen molar-refractivity contribution in [2.75, 3.05) is 18.9 Å². The standard InChI is InChI=1S/C9H15NOS/c1-5-11-7(1)9(3-4-10-9)8-2-6-12-8/h7-8,10H,1-6H2. The highest BCUT2D eigenvalue weighted by Gasteiger charge is 2.54. The molecule has 3 atom stereocenters. The van der Waals surface area contributed by atoms with Gasteiger partial charge in [0, 0.05) is 11.9 Å². The van der Waals surface area contributed by atoms with Gasteiger partial charge in [-0.25, -0.2) is 0 Å². The van der Waals surface area contributed by atoms with Gasteiger partial charge in [0.05, 0.1) is 11.6 Å². The summed E-state index contributed by atoms with van der Waals surface area (Å²) in [6.07, 6.45) is 4.57. The molecule has 0 bridgehead atoms. The monoisotopic (exact) mass is 185 g/mol. The number of ether oxygens (including phenoxy) is 1. The van der Waals surface area contributed by atoms with Crippen LogP contribution >= 0.6 is 11.8 Å². The maximum absolute atomic E-state index is 5.62. The minimum absolute atomic E-state index is 0.404. The quantitative estimate of drug-likeness (QED) is 0.694. The Hall–Kier alpha value is 0.270. The predicted molar refractivity (Wildman–Crippen MR) is 50.6 cm³/mol. The van der Waals surface area contributed by atoms with Gasteiger partial charge in [-0.2, -0.15) is 11.8 Å². The van der Waals surface area contributed by atoms with Gasteiger partial charge < -0.3 is 10.1 Å². The van der Waals surface area contributed by atoms with E-state index in [0.29, 0.717) is 11.6 Å². The minimum Gasteiger partial charge on any atom is -0.376 e. The number of hydrogen-bond donors (Lipinski definition) is 1. The highest BCUT2D eigenvalue weighted by atomic mass is 32.2. The molecule has 12 heavy (non-hydrogen) atoms. The lowest BCUT2D eigenvalue weighted by Crippen LogP contribution is -2.73. The van der Waals surface area contributed by atoms with E-state index >= 15 is 0 Å². The first-order chi connectivity index (χ1) is 5.92. The molecule has 68 valence electrons. The van der Waals surface area contributed by atoms with Gasteiger partial charge in [0.15, 0.2) is 0 Å². The lowest BCUT2D eigenvalue weighted by atomic mass is 9.75. The summed E-state index contributed by atoms with van der Waals surface area (Å²) in [5.74, 6) is 1.36. The van der Waals surface area contributed by atoms with Gasteiger partial charge in [-0.05, 0) is 31.6 Å². The lowest BCUT2D eigenvalue weighted by Gasteiger charge is -2.58. The minimum atomic E-state index is 0.404. The molecule has 3 rings (SSSR count). The Morgan fingerprint density at radius 2 is 2.17 bits per heavy atom. The van der Waals surface area contributed by atoms with Crippen molar-refractivity contribution in [3.05, 3.63) is 0 Å². The molecule has 0 aromatic carbocycles. The van der Waals surface area contributed by atoms with Gasteiger partial charge in [-0.1, -0.05) is 0 Å². The fourth-order valence-corrected chi connectivity index (χ4v) is 3.58. The zero-order chi connectivity index (χ0) is 8.02. The Kier molecular flexibility index (Phi) is 1.68. The van der Waals surface area contributed by atoms with Gasteiger partial charge in [-0.15, -0.1) is 0 Å². The van der Waals surface area contributed by atoms with E-state index in [-0.39, 0.29) is 0 Å². The van der Waals surface area contributed by atoms with Crippen molar-refractivity contribution < 1.29 is 4.74 Å². The van der Waals surface area contributed by atoms with Crippen LogP contribution in [0.3, 0.4) is 0 Å². The zero-order valence-corrected chi connectivity index (χ0v) is 8.03. The van der Waals surface area contributed by atoms with Crippen molar-refractivity contribution in [1.82, 2.24) is 5.32 Å². The highest BCUT2D eigenvalue weighted by molar-refractivity contribution is 8.01. The average Bonchev–Trinajstić information content (AvgIpc) is 1.73. The summed E-state index contributed by atoms with van der Waals surface area (Å²) in [4.78, 5) is 0. The van der Waals surface area contributed by atoms with E-state index in [9.17, 15) is 0 Å². The van der Waals surface area contributed by atoms with Crippen molar-refractivity contribution in [2.45, 2.75) is 36.2 Å². The average molecular weight is 185 g/mol. The molecule has 0 aromatic heterocycles. The Bertz CT molecular complexity index is 169. The largest absolute Gasteiger partial charge is 0.376 e. The number of thioether (sulfide) groups is 1. The van der Waals surface area contributed by atoms with E-state index in [1.165, 1.54) is 31.6 Å². The molecule has 3 aliphatic rings. The van der Waals surface area contributed by atoms with Crippen LogP contribution in [0.1, 0.15) is 19.3 Å². The van der Waals surface area contributed by atoms with E-state index in [1.807, 2.05) is 0 Å². The maximum Gasteiger partial charge on any atom is 0.0789 e. The molecule has 0 spiro atoms. The summed E-state index contributed by atoms with van der Waals surface area (Å²) in [7, 11) is 0. The Morgan fingerprint density at radius 1 is 1.42 bits per heavy atom. The fourth-order valence-electron chi connectivity index (χ4n) is 2.45. The molecular formula is C9H15NOS. The predicted octanol–water partition coefficient (Wildman–Crippen LogP) is 1.01. The second kappa shape index (κ2) is 2.63. The smallest absolute Gasteiger partial charge is 0.0789 e. The Morgan fingerprint density at radius 3 is 2.42 bits per heavy atom. The van der Waals surface area contributed by atoms with Crippen LogP contribution in [0, 0.1) is 0 Å². The first kappa shape index (κ1) is 7.65. The van der Waals surface area contributed by atoms with Crippen LogP contribution in [0.4, 0.5) is 0 Å². The third-order valence-corrected chi connectivity index (χ3v) is 5.07. The van der Waals surface area contributed by atoms with E-state index < -0.39 is 0 Å². The number of nitrogens with one attached hydrogen (secondary N) is 1. The molecule has 1 N–H and O–H groups in total. The molecule has 3 unspecified atom stereocenters. The molecule has 3 heteroatoms. The lowest BCUT2D eigenvalue weighted by molar-refractivity contribution is -0.126. The van der Waals surface area contributed by atoms with Crippen molar-refractivity contribution in [2.24, 2.45) is 0 Å². The van der Waals surface area contributed by atoms with Crippen LogP contribution in [0.2, 0.25) is 0 Å². The van der Waals surface area contributed by atoms with E-state index in [4.69, 9.17) is 4.74 Å². The summed E-state index contributed by atoms with van der Waals surface area (Å²) < 4.78 is 5.62. The van der Waals surface area contributed by atoms with E-state index in [1.54, 1.807) is 0 Å². The SMILES string of the molecule is C1CC(C2CCO2)(C2CCS2)N1. The Labute approximate surface area is 77.4 Å². The normalized spacial score (nSPS) is 52.0. The Balaban J connectivity index is 1.73. The first-order valence-corrected chi connectivity index (χ1v) is 5.95. The first-order valence-electron chi connectivity index (χ1n) is 4.90. The van der Waals surface area contributed by atoms with Crippen LogP contribution in [-0.2, 0) is 4.74 Å². The summed E-state index contributed by atoms with van der Waals surface area (Å²) in [6, 6.07) is 0. The van der Waals surface area contributed by atoms with Crippen LogP contribution in [0.25, 0.3) is 0 Å². The summed E-state index contributed by atoms with van der Waals surface area (Å²) in [5.41, 5.74) is 0.404. The highest BCUT2D eigenvalue weighted by Crippen LogP contribution is 2.46. The molecule has 3 heterocycles. The molecule has 0 saturated carbocycles. The topological polar surface area (TPSA) is 21.3 Å². The van der Waals surface area contributed by atoms with Gasteiger partial charge in [0.1, 0.15) is 0 Å². The van der Waals surface area contributed by atoms with Crippen molar-refractivity contribution in [3.8, 4) is 0 Å². The van der Waals surface area contributed by atoms with Gasteiger partial charge in [0.25, 0.3) is 0 Å². The molecule has 0 aromatic rings. The van der Waals surface area contributed by atoms with Crippen LogP contribution in [0.15, 0.2) is 0 Å². The summed E-state index contributed by atoms with van der Waals surface area (Å²) >= 11 is 2.12. The number of hydrogen-bond acceptors (Lipinski definition) is 3. The zero-order valence-electron chi connectivity index (χ0n) is 7.21. The van der Waals surface area contributed by atoms with Crippen molar-refractivity contribution in [1.29, 1.82) is 0 Å². The second-order valence-electron chi connectivity index (χ2n) is 4.01. The molecule has 3 saturated heterocycles. The molecule has 0 radical (unpaired) electrons.